The number of carbonyl (C=O) groups excluding carboxylic acids is 1. The van der Waals surface area contributed by atoms with Gasteiger partial charge in [-0.05, 0) is 19.8 Å². The predicted molar refractivity (Wildman–Crippen MR) is 70.4 cm³/mol. The molecule has 2 atom stereocenters. The lowest BCUT2D eigenvalue weighted by Crippen LogP contribution is -2.47. The van der Waals surface area contributed by atoms with Gasteiger partial charge in [-0.1, -0.05) is 6.42 Å². The lowest BCUT2D eigenvalue weighted by atomic mass is 9.85. The van der Waals surface area contributed by atoms with Crippen LogP contribution in [-0.2, 0) is 16.1 Å². The van der Waals surface area contributed by atoms with Crippen molar-refractivity contribution in [2.45, 2.75) is 38.8 Å². The summed E-state index contributed by atoms with van der Waals surface area (Å²) >= 11 is 0. The summed E-state index contributed by atoms with van der Waals surface area (Å²) in [5.74, 6) is -1.34. The second-order valence-electron chi connectivity index (χ2n) is 5.39. The summed E-state index contributed by atoms with van der Waals surface area (Å²) < 4.78 is 1.15. The lowest BCUT2D eigenvalue weighted by molar-refractivity contribution is -0.385. The number of carbonyl (C=O) groups is 2. The fourth-order valence-corrected chi connectivity index (χ4v) is 2.57. The van der Waals surface area contributed by atoms with Crippen molar-refractivity contribution in [2.24, 2.45) is 5.41 Å². The van der Waals surface area contributed by atoms with Crippen molar-refractivity contribution in [3.63, 3.8) is 0 Å². The van der Waals surface area contributed by atoms with Gasteiger partial charge in [0.15, 0.2) is 0 Å². The number of nitrogens with zero attached hydrogens (tertiary/aromatic N) is 3. The quantitative estimate of drug-likeness (QED) is 0.603. The number of aromatic nitrogens is 2. The maximum absolute atomic E-state index is 11.9. The molecule has 1 aliphatic rings. The summed E-state index contributed by atoms with van der Waals surface area (Å²) in [5.41, 5.74) is -1.16. The van der Waals surface area contributed by atoms with E-state index in [1.165, 1.54) is 0 Å². The zero-order chi connectivity index (χ0) is 15.6. The molecule has 1 aromatic rings. The van der Waals surface area contributed by atoms with Crippen LogP contribution in [0, 0.1) is 15.5 Å². The molecule has 0 aromatic carbocycles. The number of hydrogen-bond donors (Lipinski definition) is 2. The van der Waals surface area contributed by atoms with Crippen molar-refractivity contribution in [1.29, 1.82) is 0 Å². The molecular weight excluding hydrogens is 280 g/mol. The molecule has 9 heteroatoms. The van der Waals surface area contributed by atoms with Crippen LogP contribution in [0.3, 0.4) is 0 Å². The van der Waals surface area contributed by atoms with Crippen molar-refractivity contribution in [3.8, 4) is 0 Å². The summed E-state index contributed by atoms with van der Waals surface area (Å²) in [6.07, 6.45) is 4.07. The number of carboxylic acids is 1. The van der Waals surface area contributed by atoms with Crippen molar-refractivity contribution in [2.75, 3.05) is 0 Å². The van der Waals surface area contributed by atoms with Gasteiger partial charge in [0, 0.05) is 6.04 Å². The maximum Gasteiger partial charge on any atom is 0.311 e. The Bertz CT molecular complexity index is 584. The van der Waals surface area contributed by atoms with Gasteiger partial charge in [0.05, 0.1) is 10.3 Å². The van der Waals surface area contributed by atoms with Gasteiger partial charge in [-0.15, -0.1) is 0 Å². The molecule has 0 aliphatic heterocycles. The van der Waals surface area contributed by atoms with E-state index < -0.39 is 28.3 Å². The number of nitro groups is 1. The second-order valence-corrected chi connectivity index (χ2v) is 5.39. The number of carboxylic acid groups (broad SMARTS) is 1. The van der Waals surface area contributed by atoms with Gasteiger partial charge in [0.2, 0.25) is 5.91 Å². The normalized spacial score (nSPS) is 24.7. The number of nitrogens with one attached hydrogen (secondary N) is 1. The molecule has 1 fully saturated rings. The third-order valence-corrected chi connectivity index (χ3v) is 3.92. The number of rotatable bonds is 5. The highest BCUT2D eigenvalue weighted by Crippen LogP contribution is 2.38. The van der Waals surface area contributed by atoms with Gasteiger partial charge >= 0.3 is 11.7 Å². The van der Waals surface area contributed by atoms with Crippen LogP contribution in [0.2, 0.25) is 0 Å². The SMILES string of the molecule is CC1(C(=O)O)CCCC1NC(=O)Cn1cc([N+](=O)[O-])cn1. The molecule has 2 N–H and O–H groups in total. The first-order valence-corrected chi connectivity index (χ1v) is 6.52. The Balaban J connectivity index is 1.98. The van der Waals surface area contributed by atoms with E-state index in [1.54, 1.807) is 6.92 Å². The molecule has 0 bridgehead atoms. The fraction of sp³-hybridized carbons (Fsp3) is 0.583. The van der Waals surface area contributed by atoms with Crippen molar-refractivity contribution >= 4 is 17.6 Å². The fourth-order valence-electron chi connectivity index (χ4n) is 2.57. The minimum Gasteiger partial charge on any atom is -0.481 e. The summed E-state index contributed by atoms with van der Waals surface area (Å²) in [5, 5.41) is 26.2. The molecule has 0 saturated heterocycles. The number of aliphatic carboxylic acids is 1. The molecule has 1 aliphatic carbocycles. The standard InChI is InChI=1S/C12H16N4O5/c1-12(11(18)19)4-2-3-9(12)14-10(17)7-15-6-8(5-13-15)16(20)21/h5-6,9H,2-4,7H2,1H3,(H,14,17)(H,18,19). The van der Waals surface area contributed by atoms with Crippen LogP contribution in [0.4, 0.5) is 5.69 Å². The van der Waals surface area contributed by atoms with E-state index in [9.17, 15) is 24.8 Å². The average molecular weight is 296 g/mol. The van der Waals surface area contributed by atoms with Crippen LogP contribution in [0.15, 0.2) is 12.4 Å². The zero-order valence-corrected chi connectivity index (χ0v) is 11.5. The smallest absolute Gasteiger partial charge is 0.311 e. The van der Waals surface area contributed by atoms with Crippen LogP contribution < -0.4 is 5.32 Å². The molecule has 1 aromatic heterocycles. The molecule has 114 valence electrons. The molecular formula is C12H16N4O5. The van der Waals surface area contributed by atoms with E-state index in [2.05, 4.69) is 10.4 Å². The maximum atomic E-state index is 11.9. The third kappa shape index (κ3) is 3.01. The topological polar surface area (TPSA) is 127 Å². The number of amides is 1. The Morgan fingerprint density at radius 3 is 2.95 bits per heavy atom. The predicted octanol–water partition coefficient (Wildman–Crippen LogP) is 0.551. The van der Waals surface area contributed by atoms with E-state index in [4.69, 9.17) is 0 Å². The molecule has 9 nitrogen and oxygen atoms in total. The van der Waals surface area contributed by atoms with Gasteiger partial charge in [-0.2, -0.15) is 5.10 Å². The van der Waals surface area contributed by atoms with Gasteiger partial charge in [0.1, 0.15) is 18.9 Å². The van der Waals surface area contributed by atoms with Crippen LogP contribution in [0.5, 0.6) is 0 Å². The van der Waals surface area contributed by atoms with E-state index in [0.717, 1.165) is 23.5 Å². The molecule has 0 spiro atoms. The van der Waals surface area contributed by atoms with Crippen LogP contribution in [0.25, 0.3) is 0 Å². The zero-order valence-electron chi connectivity index (χ0n) is 11.5. The summed E-state index contributed by atoms with van der Waals surface area (Å²) in [7, 11) is 0. The highest BCUT2D eigenvalue weighted by molar-refractivity contribution is 5.80. The van der Waals surface area contributed by atoms with Gasteiger partial charge in [-0.25, -0.2) is 0 Å². The molecule has 0 radical (unpaired) electrons. The number of hydrogen-bond acceptors (Lipinski definition) is 5. The van der Waals surface area contributed by atoms with E-state index in [-0.39, 0.29) is 12.2 Å². The molecule has 1 saturated carbocycles. The molecule has 1 heterocycles. The summed E-state index contributed by atoms with van der Waals surface area (Å²) in [6.45, 7) is 1.44. The molecule has 2 rings (SSSR count). The Morgan fingerprint density at radius 2 is 2.38 bits per heavy atom. The Morgan fingerprint density at radius 1 is 1.67 bits per heavy atom. The largest absolute Gasteiger partial charge is 0.481 e. The second kappa shape index (κ2) is 5.51. The Hall–Kier alpha value is -2.45. The summed E-state index contributed by atoms with van der Waals surface area (Å²) in [6, 6.07) is -0.437. The Labute approximate surface area is 120 Å². The minimum atomic E-state index is -0.966. The van der Waals surface area contributed by atoms with Crippen molar-refractivity contribution in [1.82, 2.24) is 15.1 Å². The molecule has 2 unspecified atom stereocenters. The first-order valence-electron chi connectivity index (χ1n) is 6.52. The van der Waals surface area contributed by atoms with E-state index in [0.29, 0.717) is 12.8 Å². The van der Waals surface area contributed by atoms with E-state index >= 15 is 0 Å². The summed E-state index contributed by atoms with van der Waals surface area (Å²) in [4.78, 5) is 33.2. The van der Waals surface area contributed by atoms with Crippen molar-refractivity contribution < 1.29 is 19.6 Å². The highest BCUT2D eigenvalue weighted by Gasteiger charge is 2.45. The Kier molecular flexibility index (Phi) is 3.92. The van der Waals surface area contributed by atoms with E-state index in [1.807, 2.05) is 0 Å². The molecule has 1 amide bonds. The van der Waals surface area contributed by atoms with Crippen LogP contribution in [-0.4, -0.2) is 37.7 Å². The third-order valence-electron chi connectivity index (χ3n) is 3.92. The first kappa shape index (κ1) is 14.9. The van der Waals surface area contributed by atoms with Gasteiger partial charge in [0.25, 0.3) is 0 Å². The van der Waals surface area contributed by atoms with Gasteiger partial charge in [-0.3, -0.25) is 24.4 Å². The van der Waals surface area contributed by atoms with Crippen LogP contribution >= 0.6 is 0 Å². The highest BCUT2D eigenvalue weighted by atomic mass is 16.6. The van der Waals surface area contributed by atoms with Crippen molar-refractivity contribution in [3.05, 3.63) is 22.5 Å². The first-order chi connectivity index (χ1) is 9.83. The lowest BCUT2D eigenvalue weighted by Gasteiger charge is -2.27. The monoisotopic (exact) mass is 296 g/mol. The van der Waals surface area contributed by atoms with Crippen LogP contribution in [0.1, 0.15) is 26.2 Å². The average Bonchev–Trinajstić information content (AvgIpc) is 2.98. The van der Waals surface area contributed by atoms with Gasteiger partial charge < -0.3 is 10.4 Å². The minimum absolute atomic E-state index is 0.181. The molecule has 21 heavy (non-hydrogen) atoms.